The van der Waals surface area contributed by atoms with Crippen LogP contribution in [-0.2, 0) is 14.3 Å². The summed E-state index contributed by atoms with van der Waals surface area (Å²) in [7, 11) is 0. The van der Waals surface area contributed by atoms with E-state index < -0.39 is 6.04 Å². The Bertz CT molecular complexity index is 588. The number of nitrogens with zero attached hydrogens (tertiary/aromatic N) is 2. The van der Waals surface area contributed by atoms with Crippen LogP contribution < -0.4 is 10.1 Å². The van der Waals surface area contributed by atoms with Gasteiger partial charge in [0.15, 0.2) is 6.61 Å². The second-order valence-corrected chi connectivity index (χ2v) is 5.15. The zero-order valence-corrected chi connectivity index (χ0v) is 12.9. The largest absolute Gasteiger partial charge is 0.484 e. The van der Waals surface area contributed by atoms with Crippen LogP contribution in [-0.4, -0.2) is 55.7 Å². The molecule has 1 fully saturated rings. The molecule has 1 saturated heterocycles. The lowest BCUT2D eigenvalue weighted by atomic mass is 10.2. The summed E-state index contributed by atoms with van der Waals surface area (Å²) in [5, 5.41) is 11.3. The van der Waals surface area contributed by atoms with E-state index in [1.54, 1.807) is 36.1 Å². The molecule has 0 aromatic heterocycles. The fraction of sp³-hybridized carbons (Fsp3) is 0.438. The van der Waals surface area contributed by atoms with Crippen molar-refractivity contribution in [1.82, 2.24) is 10.2 Å². The topological polar surface area (TPSA) is 91.7 Å². The van der Waals surface area contributed by atoms with Crippen molar-refractivity contribution in [2.75, 3.05) is 32.9 Å². The number of benzene rings is 1. The van der Waals surface area contributed by atoms with E-state index in [0.29, 0.717) is 37.6 Å². The lowest BCUT2D eigenvalue weighted by Gasteiger charge is -2.29. The highest BCUT2D eigenvalue weighted by Gasteiger charge is 2.23. The molecule has 1 aliphatic rings. The summed E-state index contributed by atoms with van der Waals surface area (Å²) in [4.78, 5) is 25.7. The van der Waals surface area contributed by atoms with E-state index in [2.05, 4.69) is 5.32 Å². The van der Waals surface area contributed by atoms with Gasteiger partial charge in [0.1, 0.15) is 11.8 Å². The lowest BCUT2D eigenvalue weighted by molar-refractivity contribution is -0.139. The van der Waals surface area contributed by atoms with E-state index in [0.717, 1.165) is 0 Å². The molecule has 2 amide bonds. The number of nitrogens with one attached hydrogen (secondary N) is 1. The second-order valence-electron chi connectivity index (χ2n) is 5.15. The maximum atomic E-state index is 12.2. The minimum Gasteiger partial charge on any atom is -0.484 e. The Morgan fingerprint density at radius 3 is 2.61 bits per heavy atom. The number of rotatable bonds is 5. The molecule has 122 valence electrons. The van der Waals surface area contributed by atoms with Crippen LogP contribution in [0.5, 0.6) is 5.75 Å². The molecule has 1 heterocycles. The predicted octanol–water partition coefficient (Wildman–Crippen LogP) is 0.301. The van der Waals surface area contributed by atoms with Gasteiger partial charge >= 0.3 is 0 Å². The molecule has 7 nitrogen and oxygen atoms in total. The Morgan fingerprint density at radius 2 is 2.00 bits per heavy atom. The van der Waals surface area contributed by atoms with Gasteiger partial charge in [-0.15, -0.1) is 0 Å². The van der Waals surface area contributed by atoms with Crippen molar-refractivity contribution in [2.24, 2.45) is 0 Å². The van der Waals surface area contributed by atoms with Crippen LogP contribution in [0.1, 0.15) is 12.5 Å². The van der Waals surface area contributed by atoms with E-state index in [1.807, 2.05) is 6.07 Å². The second kappa shape index (κ2) is 8.15. The van der Waals surface area contributed by atoms with Crippen molar-refractivity contribution in [1.29, 1.82) is 5.26 Å². The van der Waals surface area contributed by atoms with E-state index in [4.69, 9.17) is 14.7 Å². The molecule has 1 aromatic carbocycles. The van der Waals surface area contributed by atoms with Crippen molar-refractivity contribution in [3.63, 3.8) is 0 Å². The molecule has 23 heavy (non-hydrogen) atoms. The van der Waals surface area contributed by atoms with E-state index >= 15 is 0 Å². The van der Waals surface area contributed by atoms with Gasteiger partial charge in [0.2, 0.25) is 5.91 Å². The van der Waals surface area contributed by atoms with Gasteiger partial charge in [-0.05, 0) is 31.2 Å². The summed E-state index contributed by atoms with van der Waals surface area (Å²) in [5.74, 6) is -0.00481. The quantitative estimate of drug-likeness (QED) is 0.843. The van der Waals surface area contributed by atoms with Crippen LogP contribution in [0.2, 0.25) is 0 Å². The molecule has 1 aliphatic heterocycles. The van der Waals surface area contributed by atoms with Crippen LogP contribution in [0.4, 0.5) is 0 Å². The Kier molecular flexibility index (Phi) is 5.94. The van der Waals surface area contributed by atoms with Crippen LogP contribution in [0, 0.1) is 11.3 Å². The molecule has 0 spiro atoms. The maximum absolute atomic E-state index is 12.2. The van der Waals surface area contributed by atoms with Crippen molar-refractivity contribution >= 4 is 11.8 Å². The Hall–Kier alpha value is -2.59. The lowest BCUT2D eigenvalue weighted by Crippen LogP contribution is -2.51. The summed E-state index contributed by atoms with van der Waals surface area (Å²) in [6.07, 6.45) is 0. The molecule has 7 heteroatoms. The van der Waals surface area contributed by atoms with Crippen molar-refractivity contribution in [3.05, 3.63) is 29.8 Å². The van der Waals surface area contributed by atoms with Crippen LogP contribution in [0.15, 0.2) is 24.3 Å². The van der Waals surface area contributed by atoms with Gasteiger partial charge in [-0.2, -0.15) is 5.26 Å². The molecule has 1 aromatic rings. The highest BCUT2D eigenvalue weighted by molar-refractivity contribution is 5.87. The zero-order chi connectivity index (χ0) is 16.7. The first-order valence-corrected chi connectivity index (χ1v) is 7.39. The maximum Gasteiger partial charge on any atom is 0.258 e. The zero-order valence-electron chi connectivity index (χ0n) is 12.9. The smallest absolute Gasteiger partial charge is 0.258 e. The summed E-state index contributed by atoms with van der Waals surface area (Å²) >= 11 is 0. The number of carbonyl (C=O) groups excluding carboxylic acids is 2. The van der Waals surface area contributed by atoms with Crippen molar-refractivity contribution in [3.8, 4) is 11.8 Å². The molecule has 0 saturated carbocycles. The van der Waals surface area contributed by atoms with Gasteiger partial charge in [-0.3, -0.25) is 9.59 Å². The first-order chi connectivity index (χ1) is 11.1. The molecule has 0 bridgehead atoms. The highest BCUT2D eigenvalue weighted by Crippen LogP contribution is 2.11. The third kappa shape index (κ3) is 4.97. The summed E-state index contributed by atoms with van der Waals surface area (Å²) in [5.41, 5.74) is 0.520. The molecule has 0 radical (unpaired) electrons. The van der Waals surface area contributed by atoms with Gasteiger partial charge in [-0.25, -0.2) is 0 Å². The van der Waals surface area contributed by atoms with Gasteiger partial charge < -0.3 is 19.7 Å². The van der Waals surface area contributed by atoms with Crippen LogP contribution in [0.3, 0.4) is 0 Å². The predicted molar refractivity (Wildman–Crippen MR) is 81.7 cm³/mol. The average molecular weight is 317 g/mol. The standard InChI is InChI=1S/C16H19N3O4/c1-12(16(21)19-6-8-22-9-7-19)18-15(20)11-23-14-4-2-13(10-17)3-5-14/h2-5,12H,6-9,11H2,1H3,(H,18,20). The van der Waals surface area contributed by atoms with Gasteiger partial charge in [0, 0.05) is 13.1 Å². The number of amides is 2. The first-order valence-electron chi connectivity index (χ1n) is 7.39. The number of hydrogen-bond acceptors (Lipinski definition) is 5. The summed E-state index contributed by atoms with van der Waals surface area (Å²) in [6, 6.07) is 7.85. The molecule has 1 unspecified atom stereocenters. The normalized spacial score (nSPS) is 15.4. The number of morpholine rings is 1. The number of ether oxygens (including phenoxy) is 2. The Labute approximate surface area is 134 Å². The number of nitriles is 1. The molecule has 0 aliphatic carbocycles. The van der Waals surface area contributed by atoms with Gasteiger partial charge in [0.05, 0.1) is 24.8 Å². The Balaban J connectivity index is 1.76. The van der Waals surface area contributed by atoms with E-state index in [9.17, 15) is 9.59 Å². The number of hydrogen-bond donors (Lipinski definition) is 1. The van der Waals surface area contributed by atoms with Crippen molar-refractivity contribution < 1.29 is 19.1 Å². The summed E-state index contributed by atoms with van der Waals surface area (Å²) < 4.78 is 10.5. The van der Waals surface area contributed by atoms with Gasteiger partial charge in [-0.1, -0.05) is 0 Å². The fourth-order valence-electron chi connectivity index (χ4n) is 2.18. The molecular weight excluding hydrogens is 298 g/mol. The molecule has 2 rings (SSSR count). The average Bonchev–Trinajstić information content (AvgIpc) is 2.60. The minimum absolute atomic E-state index is 0.125. The van der Waals surface area contributed by atoms with Crippen LogP contribution >= 0.6 is 0 Å². The Morgan fingerprint density at radius 1 is 1.35 bits per heavy atom. The van der Waals surface area contributed by atoms with Crippen molar-refractivity contribution in [2.45, 2.75) is 13.0 Å². The van der Waals surface area contributed by atoms with E-state index in [1.165, 1.54) is 0 Å². The molecule has 1 N–H and O–H groups in total. The third-order valence-corrected chi connectivity index (χ3v) is 3.42. The van der Waals surface area contributed by atoms with Gasteiger partial charge in [0.25, 0.3) is 5.91 Å². The molecular formula is C16H19N3O4. The molecule has 1 atom stereocenters. The third-order valence-electron chi connectivity index (χ3n) is 3.42. The SMILES string of the molecule is CC(NC(=O)COc1ccc(C#N)cc1)C(=O)N1CCOCC1. The van der Waals surface area contributed by atoms with Crippen LogP contribution in [0.25, 0.3) is 0 Å². The summed E-state index contributed by atoms with van der Waals surface area (Å²) in [6.45, 7) is 3.59. The monoisotopic (exact) mass is 317 g/mol. The fourth-order valence-corrected chi connectivity index (χ4v) is 2.18. The van der Waals surface area contributed by atoms with E-state index in [-0.39, 0.29) is 18.4 Å². The number of carbonyl (C=O) groups is 2. The first kappa shape index (κ1) is 16.8. The minimum atomic E-state index is -0.606. The highest BCUT2D eigenvalue weighted by atomic mass is 16.5.